The van der Waals surface area contributed by atoms with E-state index in [2.05, 4.69) is 126 Å². The van der Waals surface area contributed by atoms with Gasteiger partial charge in [-0.15, -0.1) is 0 Å². The second-order valence-electron chi connectivity index (χ2n) is 19.8. The largest absolute Gasteiger partial charge is 0.479 e. The Morgan fingerprint density at radius 2 is 1.58 bits per heavy atom. The van der Waals surface area contributed by atoms with Crippen molar-refractivity contribution in [2.75, 3.05) is 0 Å². The normalized spacial score (nSPS) is 30.1. The van der Waals surface area contributed by atoms with Gasteiger partial charge in [-0.25, -0.2) is 9.59 Å². The number of carbonyl (C=O) groups excluding carboxylic acids is 2. The van der Waals surface area contributed by atoms with E-state index in [9.17, 15) is 9.59 Å². The number of carbonyl (C=O) groups is 2. The molecule has 53 heavy (non-hydrogen) atoms. The molecule has 3 aliphatic rings. The van der Waals surface area contributed by atoms with E-state index in [1.54, 1.807) is 0 Å². The van der Waals surface area contributed by atoms with Gasteiger partial charge < -0.3 is 23.1 Å². The SMILES string of the molecule is CCC(Oc1ccc(C(C)(C)C)cc1)C(=O)O[C@H]1C[C@H](C(C)(C)C)C=C2C=C[C@H](C)[C@](CC[C@@H]3C[C@H](C(C)(C)C)C(O[SiH](C)C)C(=O)O3)(O[SiH](C)C)[C@H]21. The van der Waals surface area contributed by atoms with Crippen molar-refractivity contribution in [2.24, 2.45) is 34.5 Å². The van der Waals surface area contributed by atoms with Crippen molar-refractivity contribution in [3.8, 4) is 5.75 Å². The summed E-state index contributed by atoms with van der Waals surface area (Å²) in [6, 6.07) is 8.05. The molecule has 1 saturated heterocycles. The van der Waals surface area contributed by atoms with Crippen LogP contribution in [0.15, 0.2) is 48.1 Å². The first-order chi connectivity index (χ1) is 24.5. The third kappa shape index (κ3) is 10.6. The van der Waals surface area contributed by atoms with E-state index in [-0.39, 0.29) is 58.0 Å². The third-order valence-electron chi connectivity index (χ3n) is 11.7. The van der Waals surface area contributed by atoms with Gasteiger partial charge in [-0.2, -0.15) is 0 Å². The molecule has 0 aromatic heterocycles. The molecule has 7 nitrogen and oxygen atoms in total. The Bertz CT molecular complexity index is 1460. The molecule has 0 saturated carbocycles. The number of cyclic esters (lactones) is 1. The van der Waals surface area contributed by atoms with Crippen LogP contribution in [0.1, 0.15) is 114 Å². The first kappa shape index (κ1) is 43.5. The van der Waals surface area contributed by atoms with Crippen LogP contribution >= 0.6 is 0 Å². The Hall–Kier alpha value is -2.21. The number of hydrogen-bond acceptors (Lipinski definition) is 7. The molecule has 2 unspecified atom stereocenters. The minimum absolute atomic E-state index is 0.0232. The van der Waals surface area contributed by atoms with Crippen molar-refractivity contribution in [1.82, 2.24) is 0 Å². The first-order valence-corrected chi connectivity index (χ1v) is 25.9. The van der Waals surface area contributed by atoms with Gasteiger partial charge in [-0.05, 0) is 104 Å². The van der Waals surface area contributed by atoms with Crippen LogP contribution in [0.5, 0.6) is 5.75 Å². The highest BCUT2D eigenvalue weighted by molar-refractivity contribution is 6.49. The first-order valence-electron chi connectivity index (χ1n) is 20.4. The Balaban J connectivity index is 1.67. The monoisotopic (exact) mass is 768 g/mol. The van der Waals surface area contributed by atoms with Crippen molar-refractivity contribution in [3.05, 3.63) is 53.6 Å². The van der Waals surface area contributed by atoms with Crippen LogP contribution in [-0.4, -0.2) is 60.0 Å². The second kappa shape index (κ2) is 16.9. The van der Waals surface area contributed by atoms with Crippen LogP contribution in [0.3, 0.4) is 0 Å². The Morgan fingerprint density at radius 1 is 0.943 bits per heavy atom. The zero-order chi connectivity index (χ0) is 39.7. The van der Waals surface area contributed by atoms with E-state index in [1.165, 1.54) is 11.1 Å². The molecule has 0 radical (unpaired) electrons. The predicted octanol–water partition coefficient (Wildman–Crippen LogP) is 9.73. The molecule has 0 N–H and O–H groups in total. The summed E-state index contributed by atoms with van der Waals surface area (Å²) >= 11 is 0. The highest BCUT2D eigenvalue weighted by Crippen LogP contribution is 2.53. The summed E-state index contributed by atoms with van der Waals surface area (Å²) in [6.45, 7) is 32.8. The molecular formula is C44H72O7Si2. The van der Waals surface area contributed by atoms with Crippen LogP contribution in [0, 0.1) is 34.5 Å². The maximum atomic E-state index is 14.2. The predicted molar refractivity (Wildman–Crippen MR) is 220 cm³/mol. The number of ether oxygens (including phenoxy) is 3. The fourth-order valence-corrected chi connectivity index (χ4v) is 10.9. The molecule has 298 valence electrons. The standard InChI is InChI=1S/C44H72O7Si2/c1-16-35(47-32-21-19-30(20-22-32)41(3,4)5)39(45)49-36-26-31(42(6,7)8)25-29-18-17-28(2)44(37(29)36,51-53(14)15)24-23-33-27-34(43(9,10)11)38(40(46)48-33)50-52(12)13/h17-22,25,28,31,33-38,52-53H,16,23-24,26-27H2,1-15H3/t28-,31+,33+,34-,35?,36-,37+,38?,44-/m0/s1. The van der Waals surface area contributed by atoms with E-state index in [1.807, 2.05) is 19.1 Å². The van der Waals surface area contributed by atoms with Crippen molar-refractivity contribution in [1.29, 1.82) is 0 Å². The lowest BCUT2D eigenvalue weighted by Gasteiger charge is -2.54. The minimum atomic E-state index is -1.62. The fraction of sp³-hybridized carbons (Fsp3) is 0.727. The van der Waals surface area contributed by atoms with Gasteiger partial charge in [0.2, 0.25) is 0 Å². The summed E-state index contributed by atoms with van der Waals surface area (Å²) in [6.07, 6.45) is 8.35. The smallest absolute Gasteiger partial charge is 0.347 e. The molecule has 2 aliphatic carbocycles. The molecule has 1 aliphatic heterocycles. The summed E-state index contributed by atoms with van der Waals surface area (Å²) in [7, 11) is -3.08. The highest BCUT2D eigenvalue weighted by Gasteiger charge is 2.55. The van der Waals surface area contributed by atoms with Crippen molar-refractivity contribution < 1.29 is 32.7 Å². The van der Waals surface area contributed by atoms with Crippen molar-refractivity contribution >= 4 is 30.0 Å². The lowest BCUT2D eigenvalue weighted by molar-refractivity contribution is -0.180. The summed E-state index contributed by atoms with van der Waals surface area (Å²) in [5, 5.41) is 0. The minimum Gasteiger partial charge on any atom is -0.479 e. The molecule has 1 aromatic rings. The molecule has 9 atom stereocenters. The van der Waals surface area contributed by atoms with Gasteiger partial charge in [-0.3, -0.25) is 0 Å². The average Bonchev–Trinajstić information content (AvgIpc) is 3.03. The van der Waals surface area contributed by atoms with E-state index in [0.717, 1.165) is 6.42 Å². The Labute approximate surface area is 325 Å². The fourth-order valence-electron chi connectivity index (χ4n) is 8.63. The van der Waals surface area contributed by atoms with Gasteiger partial charge in [0.15, 0.2) is 24.2 Å². The lowest BCUT2D eigenvalue weighted by atomic mass is 9.59. The molecule has 4 rings (SSSR count). The molecule has 0 spiro atoms. The van der Waals surface area contributed by atoms with Gasteiger partial charge >= 0.3 is 11.9 Å². The number of fused-ring (bicyclic) bond motifs is 1. The number of benzene rings is 1. The van der Waals surface area contributed by atoms with Crippen molar-refractivity contribution in [2.45, 2.75) is 170 Å². The summed E-state index contributed by atoms with van der Waals surface area (Å²) in [5.74, 6) is 0.261. The second-order valence-corrected chi connectivity index (χ2v) is 24.5. The van der Waals surface area contributed by atoms with Crippen LogP contribution in [-0.2, 0) is 33.3 Å². The average molecular weight is 769 g/mol. The third-order valence-corrected chi connectivity index (χ3v) is 13.5. The maximum Gasteiger partial charge on any atom is 0.347 e. The molecule has 1 heterocycles. The number of allylic oxidation sites excluding steroid dienone is 2. The zero-order valence-corrected chi connectivity index (χ0v) is 38.0. The lowest BCUT2D eigenvalue weighted by Crippen LogP contribution is -2.58. The van der Waals surface area contributed by atoms with Gasteiger partial charge in [0, 0.05) is 17.8 Å². The quantitative estimate of drug-likeness (QED) is 0.155. The van der Waals surface area contributed by atoms with E-state index in [0.29, 0.717) is 31.4 Å². The molecular weight excluding hydrogens is 697 g/mol. The van der Waals surface area contributed by atoms with Crippen LogP contribution in [0.25, 0.3) is 0 Å². The molecule has 1 aromatic carbocycles. The topological polar surface area (TPSA) is 80.3 Å². The summed E-state index contributed by atoms with van der Waals surface area (Å²) < 4.78 is 32.8. The molecule has 9 heteroatoms. The number of rotatable bonds is 12. The summed E-state index contributed by atoms with van der Waals surface area (Å²) in [4.78, 5) is 27.8. The molecule has 1 fully saturated rings. The Morgan fingerprint density at radius 3 is 2.11 bits per heavy atom. The van der Waals surface area contributed by atoms with Crippen molar-refractivity contribution in [3.63, 3.8) is 0 Å². The molecule has 0 amide bonds. The van der Waals surface area contributed by atoms with E-state index < -0.39 is 42.0 Å². The van der Waals surface area contributed by atoms with Crippen LogP contribution < -0.4 is 4.74 Å². The van der Waals surface area contributed by atoms with Crippen LogP contribution in [0.2, 0.25) is 26.2 Å². The Kier molecular flexibility index (Phi) is 13.9. The highest BCUT2D eigenvalue weighted by atomic mass is 28.3. The van der Waals surface area contributed by atoms with E-state index in [4.69, 9.17) is 23.1 Å². The van der Waals surface area contributed by atoms with Gasteiger partial charge in [0.05, 0.1) is 5.60 Å². The number of hydrogen-bond donors (Lipinski definition) is 0. The maximum absolute atomic E-state index is 14.2. The van der Waals surface area contributed by atoms with Gasteiger partial charge in [0.25, 0.3) is 0 Å². The number of esters is 2. The van der Waals surface area contributed by atoms with Gasteiger partial charge in [-0.1, -0.05) is 107 Å². The zero-order valence-electron chi connectivity index (χ0n) is 35.7. The summed E-state index contributed by atoms with van der Waals surface area (Å²) in [5.41, 5.74) is 1.65. The van der Waals surface area contributed by atoms with Crippen LogP contribution in [0.4, 0.5) is 0 Å². The van der Waals surface area contributed by atoms with Gasteiger partial charge in [0.1, 0.15) is 24.1 Å². The van der Waals surface area contributed by atoms with E-state index >= 15 is 0 Å². The molecule has 0 bridgehead atoms.